The van der Waals surface area contributed by atoms with Gasteiger partial charge in [0.05, 0.1) is 19.8 Å². The molecule has 1 heterocycles. The molecule has 2 aromatic carbocycles. The first kappa shape index (κ1) is 19.2. The Balaban J connectivity index is 1.98. The molecule has 0 unspecified atom stereocenters. The van der Waals surface area contributed by atoms with Gasteiger partial charge in [-0.3, -0.25) is 0 Å². The van der Waals surface area contributed by atoms with Crippen LogP contribution in [0.1, 0.15) is 36.5 Å². The highest BCUT2D eigenvalue weighted by atomic mass is 32.1. The molecule has 1 N–H and O–H groups in total. The summed E-state index contributed by atoms with van der Waals surface area (Å²) in [5.41, 5.74) is 5.37. The summed E-state index contributed by atoms with van der Waals surface area (Å²) in [6.07, 6.45) is 2.13. The molecule has 0 atom stereocenters. The maximum Gasteiger partial charge on any atom is 0.132 e. The zero-order valence-electron chi connectivity index (χ0n) is 16.7. The zero-order valence-corrected chi connectivity index (χ0v) is 17.5. The first-order valence-corrected chi connectivity index (χ1v) is 9.39. The molecule has 0 aliphatic heterocycles. The van der Waals surface area contributed by atoms with E-state index >= 15 is 0 Å². The predicted molar refractivity (Wildman–Crippen MR) is 117 cm³/mol. The van der Waals surface area contributed by atoms with Crippen LogP contribution in [0.3, 0.4) is 0 Å². The first-order chi connectivity index (χ1) is 12.8. The Hall–Kier alpha value is -2.53. The van der Waals surface area contributed by atoms with Crippen LogP contribution in [0.4, 0.5) is 5.69 Å². The second-order valence-electron chi connectivity index (χ2n) is 7.06. The summed E-state index contributed by atoms with van der Waals surface area (Å²) in [4.78, 5) is 0.629. The fourth-order valence-corrected chi connectivity index (χ4v) is 3.69. The Labute approximate surface area is 166 Å². The molecule has 0 radical (unpaired) electrons. The lowest BCUT2D eigenvalue weighted by atomic mass is 9.98. The van der Waals surface area contributed by atoms with Gasteiger partial charge >= 0.3 is 0 Å². The minimum absolute atomic E-state index is 0.315. The van der Waals surface area contributed by atoms with Gasteiger partial charge in [-0.1, -0.05) is 26.1 Å². The van der Waals surface area contributed by atoms with E-state index in [4.69, 9.17) is 21.7 Å². The third-order valence-corrected chi connectivity index (χ3v) is 5.19. The van der Waals surface area contributed by atoms with Gasteiger partial charge in [0.1, 0.15) is 16.5 Å². The van der Waals surface area contributed by atoms with Crippen molar-refractivity contribution >= 4 is 33.8 Å². The average molecular weight is 383 g/mol. The average Bonchev–Trinajstić information content (AvgIpc) is 2.93. The molecule has 0 saturated carbocycles. The van der Waals surface area contributed by atoms with Crippen LogP contribution in [0.2, 0.25) is 0 Å². The zero-order chi connectivity index (χ0) is 19.7. The third kappa shape index (κ3) is 3.65. The number of hydrogen-bond donors (Lipinski definition) is 1. The largest absolute Gasteiger partial charge is 0.496 e. The lowest BCUT2D eigenvalue weighted by Crippen LogP contribution is -2.13. The summed E-state index contributed by atoms with van der Waals surface area (Å²) in [7, 11) is 5.38. The molecule has 0 spiro atoms. The number of nitrogens with zero attached hydrogens (tertiary/aromatic N) is 1. The molecular weight excluding hydrogens is 356 g/mol. The minimum Gasteiger partial charge on any atom is -0.496 e. The van der Waals surface area contributed by atoms with Crippen LogP contribution in [0, 0.1) is 6.92 Å². The fraction of sp³-hybridized carbons (Fsp3) is 0.318. The second-order valence-corrected chi connectivity index (χ2v) is 7.47. The van der Waals surface area contributed by atoms with Crippen LogP contribution in [-0.4, -0.2) is 23.8 Å². The molecule has 5 heteroatoms. The number of benzene rings is 2. The van der Waals surface area contributed by atoms with Crippen molar-refractivity contribution in [2.45, 2.75) is 26.7 Å². The van der Waals surface area contributed by atoms with Crippen LogP contribution in [0.5, 0.6) is 11.5 Å². The monoisotopic (exact) mass is 382 g/mol. The summed E-state index contributed by atoms with van der Waals surface area (Å²) in [5, 5.41) is 4.58. The summed E-state index contributed by atoms with van der Waals surface area (Å²) >= 11 is 5.71. The van der Waals surface area contributed by atoms with Crippen molar-refractivity contribution in [3.8, 4) is 11.5 Å². The second kappa shape index (κ2) is 7.61. The summed E-state index contributed by atoms with van der Waals surface area (Å²) < 4.78 is 13.2. The maximum atomic E-state index is 5.71. The van der Waals surface area contributed by atoms with E-state index in [1.165, 1.54) is 16.5 Å². The third-order valence-electron chi connectivity index (χ3n) is 4.87. The number of hydrogen-bond acceptors (Lipinski definition) is 3. The van der Waals surface area contributed by atoms with Gasteiger partial charge in [0.15, 0.2) is 0 Å². The molecule has 142 valence electrons. The molecule has 3 rings (SSSR count). The van der Waals surface area contributed by atoms with E-state index in [0.29, 0.717) is 16.7 Å². The Morgan fingerprint density at radius 1 is 1.07 bits per heavy atom. The normalized spacial score (nSPS) is 11.1. The molecule has 27 heavy (non-hydrogen) atoms. The van der Waals surface area contributed by atoms with E-state index < -0.39 is 0 Å². The molecule has 0 aliphatic carbocycles. The minimum atomic E-state index is 0.315. The molecule has 0 fully saturated rings. The van der Waals surface area contributed by atoms with Crippen molar-refractivity contribution in [1.82, 2.24) is 4.57 Å². The van der Waals surface area contributed by atoms with Gasteiger partial charge in [-0.05, 0) is 48.2 Å². The van der Waals surface area contributed by atoms with Crippen molar-refractivity contribution < 1.29 is 9.47 Å². The summed E-state index contributed by atoms with van der Waals surface area (Å²) in [6.45, 7) is 6.39. The quantitative estimate of drug-likeness (QED) is 0.598. The molecule has 0 bridgehead atoms. The number of ether oxygens (including phenoxy) is 2. The maximum absolute atomic E-state index is 5.71. The lowest BCUT2D eigenvalue weighted by Gasteiger charge is -2.18. The van der Waals surface area contributed by atoms with Crippen molar-refractivity contribution in [2.24, 2.45) is 7.05 Å². The van der Waals surface area contributed by atoms with Crippen molar-refractivity contribution in [3.63, 3.8) is 0 Å². The number of rotatable bonds is 5. The number of fused-ring (bicyclic) bond motifs is 1. The standard InChI is InChI=1S/C22H26N2O2S/c1-13(2)16-10-18(21(26-6)11-20(16)25-5)22(27)23-15-7-8-19-17(9-15)14(3)12-24(19)4/h7-13H,1-6H3,(H,23,27). The van der Waals surface area contributed by atoms with Crippen LogP contribution >= 0.6 is 12.2 Å². The molecule has 3 aromatic rings. The smallest absolute Gasteiger partial charge is 0.132 e. The first-order valence-electron chi connectivity index (χ1n) is 8.98. The predicted octanol–water partition coefficient (Wildman–Crippen LogP) is 5.41. The Morgan fingerprint density at radius 3 is 2.41 bits per heavy atom. The Morgan fingerprint density at radius 2 is 1.78 bits per heavy atom. The Bertz CT molecular complexity index is 1010. The number of aryl methyl sites for hydroxylation is 2. The highest BCUT2D eigenvalue weighted by molar-refractivity contribution is 7.81. The van der Waals surface area contributed by atoms with E-state index in [0.717, 1.165) is 22.6 Å². The van der Waals surface area contributed by atoms with Gasteiger partial charge in [-0.25, -0.2) is 0 Å². The van der Waals surface area contributed by atoms with E-state index in [1.54, 1.807) is 14.2 Å². The highest BCUT2D eigenvalue weighted by Crippen LogP contribution is 2.34. The number of methoxy groups -OCH3 is 2. The summed E-state index contributed by atoms with van der Waals surface area (Å²) in [6, 6.07) is 10.3. The van der Waals surface area contributed by atoms with Crippen LogP contribution in [0.15, 0.2) is 36.5 Å². The van der Waals surface area contributed by atoms with E-state index in [1.807, 2.05) is 12.1 Å². The lowest BCUT2D eigenvalue weighted by molar-refractivity contribution is 0.389. The molecule has 1 aromatic heterocycles. The van der Waals surface area contributed by atoms with Gasteiger partial charge in [0, 0.05) is 35.9 Å². The SMILES string of the molecule is COc1cc(OC)c(C(C)C)cc1C(=S)Nc1ccc2c(c1)c(C)cn2C. The van der Waals surface area contributed by atoms with Crippen LogP contribution in [-0.2, 0) is 7.05 Å². The molecular formula is C22H26N2O2S. The van der Waals surface area contributed by atoms with Crippen LogP contribution in [0.25, 0.3) is 10.9 Å². The fourth-order valence-electron chi connectivity index (χ4n) is 3.42. The highest BCUT2D eigenvalue weighted by Gasteiger charge is 2.17. The van der Waals surface area contributed by atoms with Crippen molar-refractivity contribution in [1.29, 1.82) is 0 Å². The molecule has 0 saturated heterocycles. The number of aromatic nitrogens is 1. The van der Waals surface area contributed by atoms with E-state index in [-0.39, 0.29) is 0 Å². The van der Waals surface area contributed by atoms with Crippen molar-refractivity contribution in [2.75, 3.05) is 19.5 Å². The number of thiocarbonyl (C=S) groups is 1. The van der Waals surface area contributed by atoms with Gasteiger partial charge in [0.25, 0.3) is 0 Å². The topological polar surface area (TPSA) is 35.4 Å². The summed E-state index contributed by atoms with van der Waals surface area (Å²) in [5.74, 6) is 1.83. The molecule has 4 nitrogen and oxygen atoms in total. The van der Waals surface area contributed by atoms with E-state index in [9.17, 15) is 0 Å². The van der Waals surface area contributed by atoms with Crippen molar-refractivity contribution in [3.05, 3.63) is 53.2 Å². The van der Waals surface area contributed by atoms with Gasteiger partial charge in [-0.15, -0.1) is 0 Å². The van der Waals surface area contributed by atoms with Crippen LogP contribution < -0.4 is 14.8 Å². The molecule has 0 amide bonds. The number of nitrogens with one attached hydrogen (secondary N) is 1. The van der Waals surface area contributed by atoms with E-state index in [2.05, 4.69) is 62.1 Å². The van der Waals surface area contributed by atoms with Gasteiger partial charge in [-0.2, -0.15) is 0 Å². The number of anilines is 1. The van der Waals surface area contributed by atoms with Gasteiger partial charge in [0.2, 0.25) is 0 Å². The molecule has 0 aliphatic rings. The van der Waals surface area contributed by atoms with Gasteiger partial charge < -0.3 is 19.4 Å². The Kier molecular flexibility index (Phi) is 5.42.